The van der Waals surface area contributed by atoms with Crippen molar-refractivity contribution in [3.05, 3.63) is 34.4 Å². The summed E-state index contributed by atoms with van der Waals surface area (Å²) in [5.41, 5.74) is 0.460. The average molecular weight is 193 g/mol. The van der Waals surface area contributed by atoms with Gasteiger partial charge in [-0.05, 0) is 6.07 Å². The monoisotopic (exact) mass is 193 g/mol. The minimum absolute atomic E-state index is 0.0233. The predicted molar refractivity (Wildman–Crippen MR) is 50.0 cm³/mol. The second kappa shape index (κ2) is 3.33. The first-order valence-electron chi connectivity index (χ1n) is 3.94. The predicted octanol–water partition coefficient (Wildman–Crippen LogP) is 1.33. The van der Waals surface area contributed by atoms with Crippen LogP contribution < -0.4 is 5.01 Å². The lowest BCUT2D eigenvalue weighted by atomic mass is 10.2. The van der Waals surface area contributed by atoms with Gasteiger partial charge >= 0.3 is 0 Å². The van der Waals surface area contributed by atoms with E-state index in [0.29, 0.717) is 5.69 Å². The van der Waals surface area contributed by atoms with Crippen LogP contribution >= 0.6 is 0 Å². The minimum atomic E-state index is -0.441. The first-order valence-corrected chi connectivity index (χ1v) is 3.94. The largest absolute Gasteiger partial charge is 0.459 e. The van der Waals surface area contributed by atoms with Gasteiger partial charge in [0.15, 0.2) is 13.1 Å². The Kier molecular flexibility index (Phi) is 2.02. The molecule has 2 rings (SSSR count). The average Bonchev–Trinajstić information content (AvgIpc) is 2.70. The molecular weight excluding hydrogens is 186 g/mol. The third-order valence-electron chi connectivity index (χ3n) is 1.81. The third-order valence-corrected chi connectivity index (χ3v) is 1.81. The molecule has 6 heteroatoms. The molecule has 72 valence electrons. The lowest BCUT2D eigenvalue weighted by molar-refractivity contribution is -0.384. The van der Waals surface area contributed by atoms with Gasteiger partial charge in [0.1, 0.15) is 5.69 Å². The Hall–Kier alpha value is -2.11. The summed E-state index contributed by atoms with van der Waals surface area (Å²) in [6.45, 7) is 0.213. The highest BCUT2D eigenvalue weighted by molar-refractivity contribution is 5.65. The van der Waals surface area contributed by atoms with Crippen LogP contribution in [0.4, 0.5) is 11.4 Å². The molecule has 0 unspecified atom stereocenters. The maximum atomic E-state index is 10.7. The Labute approximate surface area is 79.5 Å². The van der Waals surface area contributed by atoms with E-state index in [4.69, 9.17) is 4.74 Å². The van der Waals surface area contributed by atoms with Gasteiger partial charge in [0.2, 0.25) is 0 Å². The van der Waals surface area contributed by atoms with E-state index in [1.807, 2.05) is 0 Å². The van der Waals surface area contributed by atoms with E-state index >= 15 is 0 Å². The highest BCUT2D eigenvalue weighted by Gasteiger charge is 2.20. The molecule has 14 heavy (non-hydrogen) atoms. The van der Waals surface area contributed by atoms with Gasteiger partial charge in [-0.1, -0.05) is 12.1 Å². The van der Waals surface area contributed by atoms with E-state index in [0.717, 1.165) is 0 Å². The molecule has 0 aromatic heterocycles. The molecule has 6 nitrogen and oxygen atoms in total. The van der Waals surface area contributed by atoms with Gasteiger partial charge in [-0.25, -0.2) is 5.01 Å². The number of anilines is 1. The van der Waals surface area contributed by atoms with E-state index in [-0.39, 0.29) is 12.4 Å². The molecule has 1 aromatic carbocycles. The van der Waals surface area contributed by atoms with Crippen LogP contribution in [0.15, 0.2) is 29.4 Å². The quantitative estimate of drug-likeness (QED) is 0.524. The Bertz CT molecular complexity index is 391. The van der Waals surface area contributed by atoms with E-state index < -0.39 is 4.92 Å². The number of benzene rings is 1. The second-order valence-electron chi connectivity index (χ2n) is 2.66. The van der Waals surface area contributed by atoms with Crippen LogP contribution in [-0.4, -0.2) is 18.1 Å². The molecule has 0 N–H and O–H groups in total. The molecule has 0 fully saturated rings. The van der Waals surface area contributed by atoms with Crippen LogP contribution in [0.2, 0.25) is 0 Å². The highest BCUT2D eigenvalue weighted by atomic mass is 16.6. The van der Waals surface area contributed by atoms with Crippen LogP contribution in [0.5, 0.6) is 0 Å². The van der Waals surface area contributed by atoms with Crippen molar-refractivity contribution in [2.24, 2.45) is 5.10 Å². The SMILES string of the molecule is O=[N+]([O-])c1ccccc1N1COC=N1. The topological polar surface area (TPSA) is 68.0 Å². The summed E-state index contributed by atoms with van der Waals surface area (Å²) in [6.07, 6.45) is 1.26. The molecule has 1 aliphatic rings. The van der Waals surface area contributed by atoms with Gasteiger partial charge in [0, 0.05) is 6.07 Å². The molecular formula is C8H7N3O3. The van der Waals surface area contributed by atoms with Crippen molar-refractivity contribution >= 4 is 17.8 Å². The molecule has 0 aliphatic carbocycles. The Balaban J connectivity index is 2.40. The molecule has 0 amide bonds. The molecule has 1 aliphatic heterocycles. The first-order chi connectivity index (χ1) is 6.79. The number of ether oxygens (including phenoxy) is 1. The van der Waals surface area contributed by atoms with Gasteiger partial charge in [0.05, 0.1) is 4.92 Å². The maximum absolute atomic E-state index is 10.7. The summed E-state index contributed by atoms with van der Waals surface area (Å²) in [6, 6.07) is 6.39. The normalized spacial score (nSPS) is 14.1. The van der Waals surface area contributed by atoms with Gasteiger partial charge < -0.3 is 4.74 Å². The van der Waals surface area contributed by atoms with E-state index in [1.54, 1.807) is 18.2 Å². The van der Waals surface area contributed by atoms with Gasteiger partial charge in [-0.2, -0.15) is 0 Å². The van der Waals surface area contributed by atoms with Crippen LogP contribution in [0, 0.1) is 10.1 Å². The highest BCUT2D eigenvalue weighted by Crippen LogP contribution is 2.28. The lowest BCUT2D eigenvalue weighted by Gasteiger charge is -2.10. The molecule has 0 radical (unpaired) electrons. The Morgan fingerprint density at radius 3 is 2.93 bits per heavy atom. The fourth-order valence-corrected chi connectivity index (χ4v) is 1.20. The number of hydrogen-bond donors (Lipinski definition) is 0. The molecule has 0 saturated carbocycles. The Morgan fingerprint density at radius 2 is 2.29 bits per heavy atom. The standard InChI is InChI=1S/C8H7N3O3/c12-11(13)8-4-2-1-3-7(8)10-6-14-5-9-10/h1-5H,6H2. The zero-order valence-corrected chi connectivity index (χ0v) is 7.16. The third kappa shape index (κ3) is 1.37. The van der Waals surface area contributed by atoms with Crippen molar-refractivity contribution in [1.29, 1.82) is 0 Å². The van der Waals surface area contributed by atoms with Crippen molar-refractivity contribution < 1.29 is 9.66 Å². The van der Waals surface area contributed by atoms with Crippen LogP contribution in [0.3, 0.4) is 0 Å². The molecule has 1 aromatic rings. The minimum Gasteiger partial charge on any atom is -0.459 e. The summed E-state index contributed by atoms with van der Waals surface area (Å²) in [5, 5.41) is 15.9. The molecule has 0 saturated heterocycles. The van der Waals surface area contributed by atoms with Crippen molar-refractivity contribution in [2.45, 2.75) is 0 Å². The summed E-state index contributed by atoms with van der Waals surface area (Å²) >= 11 is 0. The zero-order chi connectivity index (χ0) is 9.97. The number of nitro benzene ring substituents is 1. The lowest BCUT2D eigenvalue weighted by Crippen LogP contribution is -2.14. The van der Waals surface area contributed by atoms with Gasteiger partial charge in [0.25, 0.3) is 5.69 Å². The number of hydrazone groups is 1. The Morgan fingerprint density at radius 1 is 1.50 bits per heavy atom. The van der Waals surface area contributed by atoms with Gasteiger partial charge in [-0.15, -0.1) is 5.10 Å². The molecule has 0 atom stereocenters. The number of para-hydroxylation sites is 2. The fourth-order valence-electron chi connectivity index (χ4n) is 1.20. The number of hydrogen-bond acceptors (Lipinski definition) is 5. The number of nitro groups is 1. The van der Waals surface area contributed by atoms with Crippen molar-refractivity contribution in [2.75, 3.05) is 11.7 Å². The van der Waals surface area contributed by atoms with Crippen molar-refractivity contribution in [1.82, 2.24) is 0 Å². The van der Waals surface area contributed by atoms with E-state index in [2.05, 4.69) is 5.10 Å². The molecule has 0 bridgehead atoms. The fraction of sp³-hybridized carbons (Fsp3) is 0.125. The van der Waals surface area contributed by atoms with Crippen LogP contribution in [-0.2, 0) is 4.74 Å². The molecule has 0 spiro atoms. The summed E-state index contributed by atoms with van der Waals surface area (Å²) in [5.74, 6) is 0. The summed E-state index contributed by atoms with van der Waals surface area (Å²) < 4.78 is 4.86. The van der Waals surface area contributed by atoms with Crippen molar-refractivity contribution in [3.8, 4) is 0 Å². The zero-order valence-electron chi connectivity index (χ0n) is 7.16. The summed E-state index contributed by atoms with van der Waals surface area (Å²) in [7, 11) is 0. The van der Waals surface area contributed by atoms with Crippen LogP contribution in [0.25, 0.3) is 0 Å². The summed E-state index contributed by atoms with van der Waals surface area (Å²) in [4.78, 5) is 10.2. The van der Waals surface area contributed by atoms with E-state index in [9.17, 15) is 10.1 Å². The smallest absolute Gasteiger partial charge is 0.294 e. The maximum Gasteiger partial charge on any atom is 0.294 e. The van der Waals surface area contributed by atoms with Crippen LogP contribution in [0.1, 0.15) is 0 Å². The second-order valence-corrected chi connectivity index (χ2v) is 2.66. The van der Waals surface area contributed by atoms with Gasteiger partial charge in [-0.3, -0.25) is 10.1 Å². The molecule has 1 heterocycles. The number of nitrogens with zero attached hydrogens (tertiary/aromatic N) is 3. The first kappa shape index (κ1) is 8.49. The number of rotatable bonds is 2. The van der Waals surface area contributed by atoms with E-state index in [1.165, 1.54) is 17.5 Å². The van der Waals surface area contributed by atoms with Crippen molar-refractivity contribution in [3.63, 3.8) is 0 Å².